The summed E-state index contributed by atoms with van der Waals surface area (Å²) < 4.78 is 0. The minimum Gasteiger partial charge on any atom is -0.480 e. The predicted molar refractivity (Wildman–Crippen MR) is 113 cm³/mol. The van der Waals surface area contributed by atoms with Crippen molar-refractivity contribution in [3.63, 3.8) is 0 Å². The Morgan fingerprint density at radius 3 is 1.88 bits per heavy atom. The average Bonchev–Trinajstić information content (AvgIpc) is 2.62. The van der Waals surface area contributed by atoms with Crippen molar-refractivity contribution < 1.29 is 14.7 Å². The van der Waals surface area contributed by atoms with Gasteiger partial charge in [-0.15, -0.1) is 0 Å². The van der Waals surface area contributed by atoms with Crippen LogP contribution in [0.2, 0.25) is 0 Å². The van der Waals surface area contributed by atoms with Crippen molar-refractivity contribution in [3.05, 3.63) is 12.2 Å². The second kappa shape index (κ2) is 18.8. The zero-order valence-corrected chi connectivity index (χ0v) is 17.4. The van der Waals surface area contributed by atoms with Crippen LogP contribution in [0.25, 0.3) is 0 Å². The van der Waals surface area contributed by atoms with Gasteiger partial charge in [0.15, 0.2) is 0 Å². The number of carbonyl (C=O) groups excluding carboxylic acids is 1. The number of allylic oxidation sites excluding steroid dienone is 2. The van der Waals surface area contributed by atoms with Gasteiger partial charge in [0, 0.05) is 12.2 Å². The highest BCUT2D eigenvalue weighted by atomic mass is 32.1. The van der Waals surface area contributed by atoms with Gasteiger partial charge in [-0.25, -0.2) is 4.79 Å². The van der Waals surface area contributed by atoms with Crippen LogP contribution in [-0.4, -0.2) is 28.8 Å². The Bertz CT molecular complexity index is 385. The lowest BCUT2D eigenvalue weighted by atomic mass is 10.1. The summed E-state index contributed by atoms with van der Waals surface area (Å²) in [6.07, 6.45) is 20.9. The molecular formula is C21H39NO3S. The fourth-order valence-electron chi connectivity index (χ4n) is 2.81. The molecule has 0 aromatic rings. The van der Waals surface area contributed by atoms with Crippen molar-refractivity contribution in [1.29, 1.82) is 0 Å². The molecule has 0 aliphatic heterocycles. The minimum absolute atomic E-state index is 0.119. The first-order valence-electron chi connectivity index (χ1n) is 10.4. The Morgan fingerprint density at radius 1 is 0.885 bits per heavy atom. The fourth-order valence-corrected chi connectivity index (χ4v) is 3.06. The van der Waals surface area contributed by atoms with Crippen molar-refractivity contribution in [3.8, 4) is 0 Å². The average molecular weight is 386 g/mol. The zero-order chi connectivity index (χ0) is 19.5. The van der Waals surface area contributed by atoms with Crippen molar-refractivity contribution in [2.75, 3.05) is 5.75 Å². The van der Waals surface area contributed by atoms with Gasteiger partial charge in [-0.05, 0) is 32.1 Å². The lowest BCUT2D eigenvalue weighted by Gasteiger charge is -2.11. The third-order valence-corrected chi connectivity index (χ3v) is 4.85. The number of carboxylic acids is 1. The van der Waals surface area contributed by atoms with Gasteiger partial charge in [-0.3, -0.25) is 4.79 Å². The molecule has 0 spiro atoms. The summed E-state index contributed by atoms with van der Waals surface area (Å²) in [6, 6.07) is -0.881. The smallest absolute Gasteiger partial charge is 0.327 e. The minimum atomic E-state index is -1.03. The van der Waals surface area contributed by atoms with Crippen molar-refractivity contribution in [2.45, 2.75) is 103 Å². The molecular weight excluding hydrogens is 346 g/mol. The third kappa shape index (κ3) is 16.5. The van der Waals surface area contributed by atoms with Crippen LogP contribution in [0.3, 0.4) is 0 Å². The number of thiol groups is 1. The molecule has 26 heavy (non-hydrogen) atoms. The van der Waals surface area contributed by atoms with E-state index >= 15 is 0 Å². The molecule has 0 radical (unpaired) electrons. The van der Waals surface area contributed by atoms with Crippen molar-refractivity contribution >= 4 is 24.5 Å². The molecule has 0 bridgehead atoms. The van der Waals surface area contributed by atoms with Crippen LogP contribution in [0, 0.1) is 0 Å². The van der Waals surface area contributed by atoms with E-state index in [1.54, 1.807) is 0 Å². The summed E-state index contributed by atoms with van der Waals surface area (Å²) in [5.74, 6) is -1.10. The van der Waals surface area contributed by atoms with Crippen molar-refractivity contribution in [2.24, 2.45) is 0 Å². The van der Waals surface area contributed by atoms with Crippen LogP contribution >= 0.6 is 12.6 Å². The lowest BCUT2D eigenvalue weighted by molar-refractivity contribution is -0.141. The van der Waals surface area contributed by atoms with E-state index in [-0.39, 0.29) is 11.7 Å². The Balaban J connectivity index is 3.36. The lowest BCUT2D eigenvalue weighted by Crippen LogP contribution is -2.42. The molecule has 4 nitrogen and oxygen atoms in total. The molecule has 0 heterocycles. The van der Waals surface area contributed by atoms with Crippen molar-refractivity contribution in [1.82, 2.24) is 5.32 Å². The number of hydrogen-bond donors (Lipinski definition) is 3. The number of carboxylic acid groups (broad SMARTS) is 1. The maximum atomic E-state index is 11.6. The van der Waals surface area contributed by atoms with E-state index in [0.29, 0.717) is 6.42 Å². The van der Waals surface area contributed by atoms with E-state index in [0.717, 1.165) is 25.7 Å². The van der Waals surface area contributed by atoms with Crippen LogP contribution in [0.15, 0.2) is 12.2 Å². The monoisotopic (exact) mass is 385 g/mol. The number of amides is 1. The van der Waals surface area contributed by atoms with Gasteiger partial charge < -0.3 is 10.4 Å². The summed E-state index contributed by atoms with van der Waals surface area (Å²) >= 11 is 3.93. The standard InChI is InChI=1S/C21H39NO3S/c1-2-3-4-5-6-7-8-9-10-11-12-13-14-15-16-17-20(23)22-19(18-26)21(24)25/h9-10,19,26H,2-8,11-18H2,1H3,(H,22,23)(H,24,25)/b10-9-. The van der Waals surface area contributed by atoms with E-state index in [1.165, 1.54) is 57.8 Å². The van der Waals surface area contributed by atoms with Gasteiger partial charge in [0.05, 0.1) is 0 Å². The Hall–Kier alpha value is -0.970. The highest BCUT2D eigenvalue weighted by molar-refractivity contribution is 7.80. The first kappa shape index (κ1) is 25.0. The topological polar surface area (TPSA) is 66.4 Å². The molecule has 0 aliphatic rings. The highest BCUT2D eigenvalue weighted by Gasteiger charge is 2.17. The summed E-state index contributed by atoms with van der Waals surface area (Å²) in [5, 5.41) is 11.3. The molecule has 1 atom stereocenters. The quantitative estimate of drug-likeness (QED) is 0.165. The van der Waals surface area contributed by atoms with Crippen LogP contribution in [0.1, 0.15) is 96.8 Å². The molecule has 0 aliphatic carbocycles. The van der Waals surface area contributed by atoms with Gasteiger partial charge >= 0.3 is 5.97 Å². The number of unbranched alkanes of at least 4 members (excludes halogenated alkanes) is 11. The molecule has 2 N–H and O–H groups in total. The molecule has 0 rings (SSSR count). The predicted octanol–water partition coefficient (Wildman–Crippen LogP) is 5.52. The van der Waals surface area contributed by atoms with Gasteiger partial charge in [-0.1, -0.05) is 70.4 Å². The molecule has 152 valence electrons. The highest BCUT2D eigenvalue weighted by Crippen LogP contribution is 2.10. The summed E-state index contributed by atoms with van der Waals surface area (Å²) in [6.45, 7) is 2.25. The van der Waals surface area contributed by atoms with Gasteiger partial charge in [0.2, 0.25) is 5.91 Å². The molecule has 0 saturated carbocycles. The zero-order valence-electron chi connectivity index (χ0n) is 16.5. The molecule has 5 heteroatoms. The normalized spacial score (nSPS) is 12.4. The largest absolute Gasteiger partial charge is 0.480 e. The van der Waals surface area contributed by atoms with E-state index in [1.807, 2.05) is 0 Å². The maximum absolute atomic E-state index is 11.6. The first-order chi connectivity index (χ1) is 12.6. The number of rotatable bonds is 18. The Labute approximate surface area is 165 Å². The summed E-state index contributed by atoms with van der Waals surface area (Å²) in [5.41, 5.74) is 0. The number of nitrogens with one attached hydrogen (secondary N) is 1. The van der Waals surface area contributed by atoms with Crippen LogP contribution in [0.5, 0.6) is 0 Å². The fraction of sp³-hybridized carbons (Fsp3) is 0.810. The van der Waals surface area contributed by atoms with Gasteiger partial charge in [0.25, 0.3) is 0 Å². The molecule has 0 fully saturated rings. The first-order valence-corrected chi connectivity index (χ1v) is 11.0. The Morgan fingerprint density at radius 2 is 1.38 bits per heavy atom. The SMILES string of the molecule is CCCCCCCC/C=C\CCCCCCCC(=O)NC(CS)C(=O)O. The molecule has 1 amide bonds. The van der Waals surface area contributed by atoms with Gasteiger partial charge in [0.1, 0.15) is 6.04 Å². The molecule has 0 aromatic carbocycles. The molecule has 1 unspecified atom stereocenters. The van der Waals surface area contributed by atoms with E-state index in [4.69, 9.17) is 5.11 Å². The number of aliphatic carboxylic acids is 1. The third-order valence-electron chi connectivity index (χ3n) is 4.48. The van der Waals surface area contributed by atoms with Gasteiger partial charge in [-0.2, -0.15) is 12.6 Å². The second-order valence-electron chi connectivity index (χ2n) is 6.98. The summed E-state index contributed by atoms with van der Waals surface area (Å²) in [4.78, 5) is 22.4. The second-order valence-corrected chi connectivity index (χ2v) is 7.34. The number of carbonyl (C=O) groups is 2. The molecule has 0 aromatic heterocycles. The summed E-state index contributed by atoms with van der Waals surface area (Å²) in [7, 11) is 0. The van der Waals surface area contributed by atoms with Crippen LogP contribution < -0.4 is 5.32 Å². The maximum Gasteiger partial charge on any atom is 0.327 e. The van der Waals surface area contributed by atoms with E-state index in [9.17, 15) is 9.59 Å². The Kier molecular flexibility index (Phi) is 18.1. The van der Waals surface area contributed by atoms with E-state index in [2.05, 4.69) is 37.0 Å². The van der Waals surface area contributed by atoms with Crippen LogP contribution in [-0.2, 0) is 9.59 Å². The number of hydrogen-bond acceptors (Lipinski definition) is 3. The van der Waals surface area contributed by atoms with E-state index < -0.39 is 12.0 Å². The van der Waals surface area contributed by atoms with Crippen LogP contribution in [0.4, 0.5) is 0 Å². The molecule has 0 saturated heterocycles.